The summed E-state index contributed by atoms with van der Waals surface area (Å²) in [4.78, 5) is 10.9. The molecule has 5 aromatic carbocycles. The van der Waals surface area contributed by atoms with Gasteiger partial charge < -0.3 is 0 Å². The summed E-state index contributed by atoms with van der Waals surface area (Å²) < 4.78 is 2.50. The highest BCUT2D eigenvalue weighted by molar-refractivity contribution is 7.04. The largest absolute Gasteiger partial charge is 0.293 e. The van der Waals surface area contributed by atoms with Crippen molar-refractivity contribution in [2.24, 2.45) is 0 Å². The van der Waals surface area contributed by atoms with E-state index in [-0.39, 0.29) is 5.41 Å². The molecule has 4 heteroatoms. The van der Waals surface area contributed by atoms with Gasteiger partial charge in [0.25, 0.3) is 0 Å². The van der Waals surface area contributed by atoms with Crippen molar-refractivity contribution in [2.45, 2.75) is 32.4 Å². The second-order valence-corrected chi connectivity index (χ2v) is 17.3. The third kappa shape index (κ3) is 3.14. The van der Waals surface area contributed by atoms with Crippen molar-refractivity contribution in [3.05, 3.63) is 126 Å². The predicted molar refractivity (Wildman–Crippen MR) is 182 cm³/mol. The van der Waals surface area contributed by atoms with Crippen LogP contribution in [0.3, 0.4) is 0 Å². The SMILES string of the molecule is CC1(C)c2ccccc2-c2c1ccc1c3ccccc3n(-c3nc(-c4ccccc4)nc4c3[Si](C)(C)c3ccccc3-4)c21. The summed E-state index contributed by atoms with van der Waals surface area (Å²) in [5.74, 6) is 1.80. The molecule has 3 heterocycles. The van der Waals surface area contributed by atoms with Gasteiger partial charge in [-0.3, -0.25) is 4.57 Å². The Kier molecular flexibility index (Phi) is 4.83. The van der Waals surface area contributed by atoms with Crippen LogP contribution in [0.5, 0.6) is 0 Å². The molecule has 206 valence electrons. The maximum Gasteiger partial charge on any atom is 0.162 e. The van der Waals surface area contributed by atoms with E-state index >= 15 is 0 Å². The highest BCUT2D eigenvalue weighted by atomic mass is 28.3. The number of benzene rings is 5. The van der Waals surface area contributed by atoms with Gasteiger partial charge in [-0.25, -0.2) is 9.97 Å². The normalized spacial score (nSPS) is 15.3. The lowest BCUT2D eigenvalue weighted by Crippen LogP contribution is -2.51. The predicted octanol–water partition coefficient (Wildman–Crippen LogP) is 8.35. The first-order valence-electron chi connectivity index (χ1n) is 15.1. The van der Waals surface area contributed by atoms with Crippen LogP contribution in [0.2, 0.25) is 13.1 Å². The number of fused-ring (bicyclic) bond motifs is 10. The van der Waals surface area contributed by atoms with Gasteiger partial charge in [0.1, 0.15) is 13.9 Å². The Morgan fingerprint density at radius 1 is 0.628 bits per heavy atom. The van der Waals surface area contributed by atoms with E-state index in [9.17, 15) is 0 Å². The van der Waals surface area contributed by atoms with Gasteiger partial charge in [0, 0.05) is 32.5 Å². The molecule has 1 aliphatic heterocycles. The molecule has 0 N–H and O–H groups in total. The molecule has 0 amide bonds. The average Bonchev–Trinajstić information content (AvgIpc) is 3.58. The van der Waals surface area contributed by atoms with Crippen molar-refractivity contribution in [3.8, 4) is 39.6 Å². The van der Waals surface area contributed by atoms with Crippen LogP contribution in [0.1, 0.15) is 25.0 Å². The summed E-state index contributed by atoms with van der Waals surface area (Å²) in [5.41, 5.74) is 11.1. The fourth-order valence-electron chi connectivity index (χ4n) is 7.93. The molecule has 3 nitrogen and oxygen atoms in total. The summed E-state index contributed by atoms with van der Waals surface area (Å²) in [7, 11) is -2.15. The summed E-state index contributed by atoms with van der Waals surface area (Å²) >= 11 is 0. The molecule has 0 bridgehead atoms. The van der Waals surface area contributed by atoms with Crippen LogP contribution in [-0.4, -0.2) is 22.6 Å². The maximum absolute atomic E-state index is 5.54. The van der Waals surface area contributed by atoms with Gasteiger partial charge in [0.2, 0.25) is 0 Å². The Morgan fingerprint density at radius 3 is 2.16 bits per heavy atom. The van der Waals surface area contributed by atoms with Crippen molar-refractivity contribution in [1.82, 2.24) is 14.5 Å². The van der Waals surface area contributed by atoms with Gasteiger partial charge in [-0.15, -0.1) is 0 Å². The maximum atomic E-state index is 5.54. The van der Waals surface area contributed by atoms with Crippen LogP contribution >= 0.6 is 0 Å². The molecule has 9 rings (SSSR count). The molecule has 0 saturated carbocycles. The van der Waals surface area contributed by atoms with Gasteiger partial charge >= 0.3 is 0 Å². The first kappa shape index (κ1) is 24.8. The van der Waals surface area contributed by atoms with Crippen LogP contribution in [0.4, 0.5) is 0 Å². The second kappa shape index (κ2) is 8.39. The van der Waals surface area contributed by atoms with Crippen LogP contribution < -0.4 is 10.4 Å². The van der Waals surface area contributed by atoms with E-state index in [1.165, 1.54) is 60.0 Å². The quantitative estimate of drug-likeness (QED) is 0.196. The number of rotatable bonds is 2. The van der Waals surface area contributed by atoms with E-state index < -0.39 is 8.07 Å². The fraction of sp³-hybridized carbons (Fsp3) is 0.128. The van der Waals surface area contributed by atoms with Gasteiger partial charge in [0.05, 0.1) is 16.7 Å². The lowest BCUT2D eigenvalue weighted by atomic mass is 9.82. The number of aromatic nitrogens is 3. The number of para-hydroxylation sites is 1. The van der Waals surface area contributed by atoms with Crippen LogP contribution in [0.25, 0.3) is 61.4 Å². The average molecular weight is 570 g/mol. The smallest absolute Gasteiger partial charge is 0.162 e. The molecule has 0 radical (unpaired) electrons. The monoisotopic (exact) mass is 569 g/mol. The molecular weight excluding hydrogens is 539 g/mol. The summed E-state index contributed by atoms with van der Waals surface area (Å²) in [6.07, 6.45) is 0. The topological polar surface area (TPSA) is 30.7 Å². The first-order valence-corrected chi connectivity index (χ1v) is 18.1. The van der Waals surface area contributed by atoms with Crippen molar-refractivity contribution < 1.29 is 0 Å². The van der Waals surface area contributed by atoms with Crippen molar-refractivity contribution in [2.75, 3.05) is 0 Å². The first-order chi connectivity index (χ1) is 20.9. The molecule has 0 atom stereocenters. The van der Waals surface area contributed by atoms with E-state index in [1.54, 1.807) is 0 Å². The summed E-state index contributed by atoms with van der Waals surface area (Å²) in [5, 5.41) is 5.28. The highest BCUT2D eigenvalue weighted by Crippen LogP contribution is 2.52. The van der Waals surface area contributed by atoms with Gasteiger partial charge in [-0.05, 0) is 33.5 Å². The third-order valence-electron chi connectivity index (χ3n) is 9.99. The Morgan fingerprint density at radius 2 is 1.33 bits per heavy atom. The van der Waals surface area contributed by atoms with E-state index in [4.69, 9.17) is 9.97 Å². The molecule has 2 aromatic heterocycles. The van der Waals surface area contributed by atoms with Crippen molar-refractivity contribution in [1.29, 1.82) is 0 Å². The molecule has 1 aliphatic carbocycles. The second-order valence-electron chi connectivity index (χ2n) is 13.0. The van der Waals surface area contributed by atoms with Crippen molar-refractivity contribution in [3.63, 3.8) is 0 Å². The molecule has 0 unspecified atom stereocenters. The molecular formula is C39H31N3Si. The van der Waals surface area contributed by atoms with Crippen LogP contribution in [-0.2, 0) is 5.41 Å². The lowest BCUT2D eigenvalue weighted by Gasteiger charge is -2.23. The number of nitrogens with zero attached hydrogens (tertiary/aromatic N) is 3. The molecule has 7 aromatic rings. The molecule has 0 spiro atoms. The Balaban J connectivity index is 1.50. The minimum atomic E-state index is -2.15. The Hall–Kier alpha value is -4.80. The minimum absolute atomic E-state index is 0.0888. The number of hydrogen-bond acceptors (Lipinski definition) is 2. The van der Waals surface area contributed by atoms with E-state index in [0.29, 0.717) is 0 Å². The Labute approximate surface area is 252 Å². The Bertz CT molecular complexity index is 2290. The zero-order valence-electron chi connectivity index (χ0n) is 24.8. The minimum Gasteiger partial charge on any atom is -0.293 e. The third-order valence-corrected chi connectivity index (χ3v) is 13.5. The standard InChI is InChI=1S/C39H31N3Si/c1-39(2)29-19-11-8-17-27(29)33-30(39)23-22-26-25-16-9-12-20-31(25)42(35(26)33)38-36-34(28-18-10-13-21-32(28)43(36,3)4)40-37(41-38)24-14-6-5-7-15-24/h5-23H,1-4H3. The molecule has 0 saturated heterocycles. The van der Waals surface area contributed by atoms with E-state index in [0.717, 1.165) is 22.9 Å². The van der Waals surface area contributed by atoms with E-state index in [1.807, 2.05) is 0 Å². The molecule has 2 aliphatic rings. The fourth-order valence-corrected chi connectivity index (χ4v) is 11.1. The van der Waals surface area contributed by atoms with Gasteiger partial charge in [-0.1, -0.05) is 136 Å². The number of hydrogen-bond donors (Lipinski definition) is 0. The lowest BCUT2D eigenvalue weighted by molar-refractivity contribution is 0.661. The summed E-state index contributed by atoms with van der Waals surface area (Å²) in [6.45, 7) is 9.64. The van der Waals surface area contributed by atoms with Crippen LogP contribution in [0, 0.1) is 0 Å². The van der Waals surface area contributed by atoms with Gasteiger partial charge in [0.15, 0.2) is 5.82 Å². The molecule has 0 fully saturated rings. The zero-order chi connectivity index (χ0) is 29.1. The highest BCUT2D eigenvalue weighted by Gasteiger charge is 2.43. The summed E-state index contributed by atoms with van der Waals surface area (Å²) in [6, 6.07) is 41.9. The zero-order valence-corrected chi connectivity index (χ0v) is 25.8. The molecule has 43 heavy (non-hydrogen) atoms. The van der Waals surface area contributed by atoms with Crippen molar-refractivity contribution >= 4 is 40.3 Å². The van der Waals surface area contributed by atoms with Gasteiger partial charge in [-0.2, -0.15) is 0 Å². The van der Waals surface area contributed by atoms with E-state index in [2.05, 4.69) is 147 Å². The van der Waals surface area contributed by atoms with Crippen LogP contribution in [0.15, 0.2) is 115 Å².